The van der Waals surface area contributed by atoms with E-state index < -0.39 is 0 Å². The monoisotopic (exact) mass is 440 g/mol. The number of H-pyrrole nitrogens is 1. The minimum atomic E-state index is 0.182. The van der Waals surface area contributed by atoms with Crippen molar-refractivity contribution in [1.82, 2.24) is 25.1 Å². The van der Waals surface area contributed by atoms with Crippen LogP contribution in [0.1, 0.15) is 22.7 Å². The van der Waals surface area contributed by atoms with E-state index in [1.165, 1.54) is 11.1 Å². The van der Waals surface area contributed by atoms with Gasteiger partial charge in [-0.3, -0.25) is 15.0 Å². The van der Waals surface area contributed by atoms with E-state index in [4.69, 9.17) is 9.72 Å². The van der Waals surface area contributed by atoms with Crippen molar-refractivity contribution in [3.05, 3.63) is 96.1 Å². The Balaban J connectivity index is 1.35. The zero-order valence-electron chi connectivity index (χ0n) is 18.8. The lowest BCUT2D eigenvalue weighted by Crippen LogP contribution is -2.48. The number of anilines is 1. The van der Waals surface area contributed by atoms with Gasteiger partial charge >= 0.3 is 0 Å². The van der Waals surface area contributed by atoms with Gasteiger partial charge in [0.25, 0.3) is 0 Å². The molecular formula is C26H28N6O. The number of hydrogen-bond acceptors (Lipinski definition) is 6. The first-order valence-corrected chi connectivity index (χ1v) is 11.3. The smallest absolute Gasteiger partial charge is 0.155 e. The maximum atomic E-state index is 5.23. The van der Waals surface area contributed by atoms with Crippen molar-refractivity contribution >= 4 is 5.82 Å². The molecule has 0 radical (unpaired) electrons. The third kappa shape index (κ3) is 4.65. The molecule has 0 spiro atoms. The molecule has 2 aromatic carbocycles. The Morgan fingerprint density at radius 1 is 0.909 bits per heavy atom. The highest BCUT2D eigenvalue weighted by atomic mass is 16.5. The first-order valence-electron chi connectivity index (χ1n) is 11.3. The van der Waals surface area contributed by atoms with E-state index in [0.717, 1.165) is 48.8 Å². The molecule has 2 aromatic heterocycles. The first kappa shape index (κ1) is 21.3. The Labute approximate surface area is 194 Å². The first-order chi connectivity index (χ1) is 16.3. The molecular weight excluding hydrogens is 412 g/mol. The zero-order valence-corrected chi connectivity index (χ0v) is 18.8. The van der Waals surface area contributed by atoms with Crippen LogP contribution in [0.15, 0.2) is 79.4 Å². The molecule has 1 aliphatic rings. The number of nitrogens with zero attached hydrogens (tertiary/aromatic N) is 5. The summed E-state index contributed by atoms with van der Waals surface area (Å²) in [6, 6.07) is 19.2. The van der Waals surface area contributed by atoms with Crippen LogP contribution < -0.4 is 4.90 Å². The number of benzene rings is 2. The summed E-state index contributed by atoms with van der Waals surface area (Å²) in [7, 11) is 1.71. The largest absolute Gasteiger partial charge is 0.380 e. The maximum Gasteiger partial charge on any atom is 0.155 e. The second-order valence-corrected chi connectivity index (χ2v) is 8.23. The predicted octanol–water partition coefficient (Wildman–Crippen LogP) is 3.92. The summed E-state index contributed by atoms with van der Waals surface area (Å²) >= 11 is 0. The van der Waals surface area contributed by atoms with Gasteiger partial charge in [0.05, 0.1) is 18.8 Å². The van der Waals surface area contributed by atoms with Gasteiger partial charge in [-0.2, -0.15) is 5.10 Å². The molecule has 0 amide bonds. The van der Waals surface area contributed by atoms with Gasteiger partial charge in [0, 0.05) is 63.0 Å². The molecule has 4 aromatic rings. The molecule has 0 aliphatic carbocycles. The molecule has 3 heterocycles. The van der Waals surface area contributed by atoms with Crippen LogP contribution in [-0.2, 0) is 11.3 Å². The van der Waals surface area contributed by atoms with Crippen molar-refractivity contribution < 1.29 is 4.74 Å². The minimum absolute atomic E-state index is 0.182. The SMILES string of the molecule is COCc1ccc(-c2nccnc2N2CCN(C(c3ccccc3)c3cn[nH]c3)CC2)cc1. The number of hydrogen-bond donors (Lipinski definition) is 1. The molecule has 1 N–H and O–H groups in total. The number of methoxy groups -OCH3 is 1. The number of ether oxygens (including phenoxy) is 1. The maximum absolute atomic E-state index is 5.23. The summed E-state index contributed by atoms with van der Waals surface area (Å²) in [5.41, 5.74) is 5.60. The molecule has 1 aliphatic heterocycles. The summed E-state index contributed by atoms with van der Waals surface area (Å²) < 4.78 is 5.23. The lowest BCUT2D eigenvalue weighted by atomic mass is 9.99. The van der Waals surface area contributed by atoms with Crippen LogP contribution in [0.25, 0.3) is 11.3 Å². The number of aromatic amines is 1. The topological polar surface area (TPSA) is 70.2 Å². The van der Waals surface area contributed by atoms with E-state index in [1.54, 1.807) is 19.5 Å². The van der Waals surface area contributed by atoms with E-state index in [0.29, 0.717) is 6.61 Å². The number of piperazine rings is 1. The van der Waals surface area contributed by atoms with Crippen molar-refractivity contribution in [2.24, 2.45) is 0 Å². The average molecular weight is 441 g/mol. The molecule has 7 heteroatoms. The second-order valence-electron chi connectivity index (χ2n) is 8.23. The molecule has 1 fully saturated rings. The highest BCUT2D eigenvalue weighted by molar-refractivity contribution is 5.72. The molecule has 1 unspecified atom stereocenters. The van der Waals surface area contributed by atoms with Crippen LogP contribution in [0.4, 0.5) is 5.82 Å². The van der Waals surface area contributed by atoms with Crippen molar-refractivity contribution in [2.45, 2.75) is 12.6 Å². The van der Waals surface area contributed by atoms with Gasteiger partial charge in [-0.1, -0.05) is 54.6 Å². The van der Waals surface area contributed by atoms with Crippen molar-refractivity contribution in [2.75, 3.05) is 38.2 Å². The number of rotatable bonds is 7. The Morgan fingerprint density at radius 2 is 1.67 bits per heavy atom. The minimum Gasteiger partial charge on any atom is -0.380 e. The third-order valence-electron chi connectivity index (χ3n) is 6.15. The summed E-state index contributed by atoms with van der Waals surface area (Å²) in [5.74, 6) is 0.941. The highest BCUT2D eigenvalue weighted by Gasteiger charge is 2.28. The van der Waals surface area contributed by atoms with Crippen LogP contribution in [0, 0.1) is 0 Å². The molecule has 1 atom stereocenters. The molecule has 33 heavy (non-hydrogen) atoms. The van der Waals surface area contributed by atoms with Gasteiger partial charge in [0.2, 0.25) is 0 Å². The quantitative estimate of drug-likeness (QED) is 0.470. The van der Waals surface area contributed by atoms with Crippen molar-refractivity contribution in [1.29, 1.82) is 0 Å². The van der Waals surface area contributed by atoms with Gasteiger partial charge in [-0.15, -0.1) is 0 Å². The van der Waals surface area contributed by atoms with Crippen LogP contribution in [-0.4, -0.2) is 58.4 Å². The summed E-state index contributed by atoms with van der Waals surface area (Å²) in [4.78, 5) is 14.3. The van der Waals surface area contributed by atoms with Crippen LogP contribution in [0.3, 0.4) is 0 Å². The summed E-state index contributed by atoms with van der Waals surface area (Å²) in [6.45, 7) is 4.22. The Kier molecular flexibility index (Phi) is 6.41. The Hall–Kier alpha value is -3.55. The Morgan fingerprint density at radius 3 is 2.36 bits per heavy atom. The van der Waals surface area contributed by atoms with E-state index in [9.17, 15) is 0 Å². The van der Waals surface area contributed by atoms with Crippen LogP contribution in [0.2, 0.25) is 0 Å². The van der Waals surface area contributed by atoms with E-state index in [-0.39, 0.29) is 6.04 Å². The summed E-state index contributed by atoms with van der Waals surface area (Å²) in [6.07, 6.45) is 7.47. The van der Waals surface area contributed by atoms with Crippen molar-refractivity contribution in [3.8, 4) is 11.3 Å². The summed E-state index contributed by atoms with van der Waals surface area (Å²) in [5, 5.41) is 7.18. The van der Waals surface area contributed by atoms with Gasteiger partial charge in [-0.05, 0) is 11.1 Å². The lowest BCUT2D eigenvalue weighted by Gasteiger charge is -2.40. The number of aromatic nitrogens is 4. The van der Waals surface area contributed by atoms with Gasteiger partial charge in [0.15, 0.2) is 5.82 Å². The third-order valence-corrected chi connectivity index (χ3v) is 6.15. The van der Waals surface area contributed by atoms with Crippen LogP contribution in [0.5, 0.6) is 0 Å². The highest BCUT2D eigenvalue weighted by Crippen LogP contribution is 2.32. The fourth-order valence-electron chi connectivity index (χ4n) is 4.54. The molecule has 5 rings (SSSR count). The van der Waals surface area contributed by atoms with Crippen LogP contribution >= 0.6 is 0 Å². The molecule has 1 saturated heterocycles. The van der Waals surface area contributed by atoms with E-state index in [1.807, 2.05) is 12.4 Å². The Bertz CT molecular complexity index is 1140. The van der Waals surface area contributed by atoms with Crippen molar-refractivity contribution in [3.63, 3.8) is 0 Å². The average Bonchev–Trinajstić information content (AvgIpc) is 3.41. The normalized spacial score (nSPS) is 15.5. The van der Waals surface area contributed by atoms with Gasteiger partial charge < -0.3 is 9.64 Å². The molecule has 7 nitrogen and oxygen atoms in total. The zero-order chi connectivity index (χ0) is 22.5. The standard InChI is InChI=1S/C26H28N6O/c1-33-19-20-7-9-21(10-8-20)24-26(28-12-11-27-24)32-15-13-31(14-16-32)25(23-17-29-30-18-23)22-5-3-2-4-6-22/h2-12,17-18,25H,13-16,19H2,1H3,(H,29,30). The second kappa shape index (κ2) is 9.94. The van der Waals surface area contributed by atoms with Gasteiger partial charge in [0.1, 0.15) is 5.69 Å². The molecule has 0 bridgehead atoms. The molecule has 168 valence electrons. The molecule has 0 saturated carbocycles. The number of nitrogens with one attached hydrogen (secondary N) is 1. The van der Waals surface area contributed by atoms with E-state index in [2.05, 4.69) is 79.6 Å². The predicted molar refractivity (Wildman–Crippen MR) is 129 cm³/mol. The fraction of sp³-hybridized carbons (Fsp3) is 0.269. The van der Waals surface area contributed by atoms with E-state index >= 15 is 0 Å². The van der Waals surface area contributed by atoms with Gasteiger partial charge in [-0.25, -0.2) is 4.98 Å². The fourth-order valence-corrected chi connectivity index (χ4v) is 4.54. The lowest BCUT2D eigenvalue weighted by molar-refractivity contribution is 0.185.